The molecule has 3 rings (SSSR count). The minimum atomic E-state index is 0.284. The number of fused-ring (bicyclic) bond motifs is 1. The van der Waals surface area contributed by atoms with Gasteiger partial charge in [-0.15, -0.1) is 0 Å². The zero-order valence-electron chi connectivity index (χ0n) is 11.6. The molecule has 2 aromatic heterocycles. The van der Waals surface area contributed by atoms with Gasteiger partial charge in [0.15, 0.2) is 10.8 Å². The van der Waals surface area contributed by atoms with E-state index >= 15 is 0 Å². The molecule has 0 spiro atoms. The number of benzene rings is 1. The molecule has 3 aromatic rings. The summed E-state index contributed by atoms with van der Waals surface area (Å²) < 4.78 is 0. The first-order chi connectivity index (χ1) is 10.1. The molecule has 102 valence electrons. The minimum absolute atomic E-state index is 0.284. The molecule has 0 aliphatic carbocycles. The lowest BCUT2D eigenvalue weighted by Gasteiger charge is -2.09. The number of hydrogen-bond acceptors (Lipinski definition) is 4. The van der Waals surface area contributed by atoms with Gasteiger partial charge in [-0.2, -0.15) is 5.26 Å². The summed E-state index contributed by atoms with van der Waals surface area (Å²) in [5.74, 6) is 0. The second-order valence-corrected chi connectivity index (χ2v) is 5.08. The molecule has 0 bridgehead atoms. The summed E-state index contributed by atoms with van der Waals surface area (Å²) in [4.78, 5) is 13.1. The Bertz CT molecular complexity index is 897. The van der Waals surface area contributed by atoms with Crippen LogP contribution >= 0.6 is 11.6 Å². The maximum Gasteiger partial charge on any atom is 0.155 e. The fraction of sp³-hybridized carbons (Fsp3) is 0.125. The van der Waals surface area contributed by atoms with Gasteiger partial charge < -0.3 is 0 Å². The lowest BCUT2D eigenvalue weighted by molar-refractivity contribution is 1.05. The van der Waals surface area contributed by atoms with Crippen LogP contribution in [0.15, 0.2) is 30.3 Å². The molecule has 1 aromatic carbocycles. The highest BCUT2D eigenvalue weighted by atomic mass is 35.5. The third-order valence-corrected chi connectivity index (χ3v) is 3.61. The van der Waals surface area contributed by atoms with Crippen molar-refractivity contribution >= 4 is 22.5 Å². The van der Waals surface area contributed by atoms with E-state index in [1.165, 1.54) is 0 Å². The minimum Gasteiger partial charge on any atom is -0.248 e. The second kappa shape index (κ2) is 5.12. The van der Waals surface area contributed by atoms with Gasteiger partial charge in [-0.25, -0.2) is 15.0 Å². The Kier molecular flexibility index (Phi) is 3.28. The number of hydrogen-bond donors (Lipinski definition) is 0. The quantitative estimate of drug-likeness (QED) is 0.684. The maximum absolute atomic E-state index is 9.35. The lowest BCUT2D eigenvalue weighted by atomic mass is 10.1. The number of halogens is 1. The number of nitrogens with zero attached hydrogens (tertiary/aromatic N) is 4. The van der Waals surface area contributed by atoms with Crippen LogP contribution in [0.5, 0.6) is 0 Å². The zero-order valence-corrected chi connectivity index (χ0v) is 12.3. The van der Waals surface area contributed by atoms with Gasteiger partial charge in [-0.1, -0.05) is 29.8 Å². The van der Waals surface area contributed by atoms with E-state index in [-0.39, 0.29) is 5.15 Å². The van der Waals surface area contributed by atoms with Gasteiger partial charge in [0.1, 0.15) is 11.8 Å². The predicted octanol–water partition coefficient (Wildman–Crippen LogP) is 3.83. The third-order valence-electron chi connectivity index (χ3n) is 3.35. The first kappa shape index (κ1) is 13.5. The Morgan fingerprint density at radius 1 is 1.05 bits per heavy atom. The normalized spacial score (nSPS) is 10.6. The number of pyridine rings is 1. The van der Waals surface area contributed by atoms with Crippen molar-refractivity contribution < 1.29 is 0 Å². The number of aryl methyl sites for hydroxylation is 2. The Labute approximate surface area is 127 Å². The van der Waals surface area contributed by atoms with Crippen molar-refractivity contribution in [1.29, 1.82) is 5.26 Å². The molecule has 0 saturated carbocycles. The molecule has 0 fully saturated rings. The molecule has 2 heterocycles. The second-order valence-electron chi connectivity index (χ2n) is 4.72. The highest BCUT2D eigenvalue weighted by Gasteiger charge is 2.15. The number of nitriles is 1. The SMILES string of the molecule is Cc1nc(Cl)c(-c2cc3ccccc3nc2C#N)nc1C. The van der Waals surface area contributed by atoms with Crippen molar-refractivity contribution in [2.75, 3.05) is 0 Å². The lowest BCUT2D eigenvalue weighted by Crippen LogP contribution is -1.99. The van der Waals surface area contributed by atoms with Gasteiger partial charge in [-0.3, -0.25) is 0 Å². The van der Waals surface area contributed by atoms with E-state index in [9.17, 15) is 5.26 Å². The first-order valence-electron chi connectivity index (χ1n) is 6.41. The fourth-order valence-electron chi connectivity index (χ4n) is 2.13. The molecule has 0 saturated heterocycles. The zero-order chi connectivity index (χ0) is 15.0. The predicted molar refractivity (Wildman–Crippen MR) is 82.0 cm³/mol. The van der Waals surface area contributed by atoms with Crippen molar-refractivity contribution in [3.05, 3.63) is 52.6 Å². The Hall–Kier alpha value is -2.51. The molecule has 0 N–H and O–H groups in total. The molecule has 4 nitrogen and oxygen atoms in total. The summed E-state index contributed by atoms with van der Waals surface area (Å²) in [6, 6.07) is 11.6. The number of aromatic nitrogens is 3. The first-order valence-corrected chi connectivity index (χ1v) is 6.79. The van der Waals surface area contributed by atoms with E-state index in [0.717, 1.165) is 22.3 Å². The van der Waals surface area contributed by atoms with Crippen LogP contribution in [-0.2, 0) is 0 Å². The molecule has 0 aliphatic rings. The van der Waals surface area contributed by atoms with E-state index in [2.05, 4.69) is 21.0 Å². The van der Waals surface area contributed by atoms with E-state index < -0.39 is 0 Å². The molecule has 21 heavy (non-hydrogen) atoms. The van der Waals surface area contributed by atoms with Gasteiger partial charge >= 0.3 is 0 Å². The molecule has 0 unspecified atom stereocenters. The molecule has 0 radical (unpaired) electrons. The van der Waals surface area contributed by atoms with Crippen LogP contribution < -0.4 is 0 Å². The summed E-state index contributed by atoms with van der Waals surface area (Å²) in [5, 5.41) is 10.6. The van der Waals surface area contributed by atoms with Crippen LogP contribution in [-0.4, -0.2) is 15.0 Å². The molecule has 0 amide bonds. The number of rotatable bonds is 1. The van der Waals surface area contributed by atoms with E-state index in [1.54, 1.807) is 0 Å². The standard InChI is InChI=1S/C16H11ClN4/c1-9-10(2)20-16(17)15(19-9)12-7-11-5-3-4-6-13(11)21-14(12)8-18/h3-7H,1-2H3. The van der Waals surface area contributed by atoms with Gasteiger partial charge in [0.25, 0.3) is 0 Å². The largest absolute Gasteiger partial charge is 0.248 e. The molecule has 0 atom stereocenters. The van der Waals surface area contributed by atoms with Crippen molar-refractivity contribution in [3.8, 4) is 17.3 Å². The van der Waals surface area contributed by atoms with Crippen LogP contribution in [0.1, 0.15) is 17.1 Å². The molecule has 0 aliphatic heterocycles. The van der Waals surface area contributed by atoms with Crippen LogP contribution in [0, 0.1) is 25.2 Å². The maximum atomic E-state index is 9.35. The van der Waals surface area contributed by atoms with Gasteiger partial charge in [0.05, 0.1) is 16.9 Å². The molecular formula is C16H11ClN4. The van der Waals surface area contributed by atoms with Gasteiger partial charge in [0.2, 0.25) is 0 Å². The highest BCUT2D eigenvalue weighted by Crippen LogP contribution is 2.29. The van der Waals surface area contributed by atoms with Crippen LogP contribution in [0.4, 0.5) is 0 Å². The average molecular weight is 295 g/mol. The van der Waals surface area contributed by atoms with Gasteiger partial charge in [-0.05, 0) is 26.0 Å². The van der Waals surface area contributed by atoms with Crippen molar-refractivity contribution in [3.63, 3.8) is 0 Å². The Balaban J connectivity index is 2.34. The third kappa shape index (κ3) is 2.32. The smallest absolute Gasteiger partial charge is 0.155 e. The summed E-state index contributed by atoms with van der Waals surface area (Å²) >= 11 is 6.21. The van der Waals surface area contributed by atoms with Crippen LogP contribution in [0.3, 0.4) is 0 Å². The van der Waals surface area contributed by atoms with Crippen LogP contribution in [0.25, 0.3) is 22.2 Å². The number of para-hydroxylation sites is 1. The fourth-order valence-corrected chi connectivity index (χ4v) is 2.40. The van der Waals surface area contributed by atoms with Gasteiger partial charge in [0, 0.05) is 10.9 Å². The van der Waals surface area contributed by atoms with Crippen LogP contribution in [0.2, 0.25) is 5.15 Å². The highest BCUT2D eigenvalue weighted by molar-refractivity contribution is 6.31. The van der Waals surface area contributed by atoms with Crippen molar-refractivity contribution in [1.82, 2.24) is 15.0 Å². The average Bonchev–Trinajstić information content (AvgIpc) is 2.49. The van der Waals surface area contributed by atoms with E-state index in [4.69, 9.17) is 11.6 Å². The summed E-state index contributed by atoms with van der Waals surface area (Å²) in [6.07, 6.45) is 0. The monoisotopic (exact) mass is 294 g/mol. The summed E-state index contributed by atoms with van der Waals surface area (Å²) in [6.45, 7) is 3.71. The summed E-state index contributed by atoms with van der Waals surface area (Å²) in [5.41, 5.74) is 3.73. The van der Waals surface area contributed by atoms with Crippen molar-refractivity contribution in [2.24, 2.45) is 0 Å². The molecular weight excluding hydrogens is 284 g/mol. The topological polar surface area (TPSA) is 62.5 Å². The molecule has 5 heteroatoms. The van der Waals surface area contributed by atoms with E-state index in [0.29, 0.717) is 17.0 Å². The van der Waals surface area contributed by atoms with Crippen molar-refractivity contribution in [2.45, 2.75) is 13.8 Å². The Morgan fingerprint density at radius 2 is 1.76 bits per heavy atom. The van der Waals surface area contributed by atoms with E-state index in [1.807, 2.05) is 44.2 Å². The summed E-state index contributed by atoms with van der Waals surface area (Å²) in [7, 11) is 0. The Morgan fingerprint density at radius 3 is 2.52 bits per heavy atom.